The number of para-hydroxylation sites is 1. The summed E-state index contributed by atoms with van der Waals surface area (Å²) in [6, 6.07) is 16.4. The number of nitrogens with one attached hydrogen (secondary N) is 1. The fourth-order valence-corrected chi connectivity index (χ4v) is 3.26. The van der Waals surface area contributed by atoms with Crippen LogP contribution in [0.4, 0.5) is 17.5 Å². The van der Waals surface area contributed by atoms with Crippen molar-refractivity contribution in [2.45, 2.75) is 13.0 Å². The molecule has 1 aromatic heterocycles. The largest absolute Gasteiger partial charge is 0.350 e. The van der Waals surface area contributed by atoms with Gasteiger partial charge in [0.25, 0.3) is 0 Å². The Morgan fingerprint density at radius 3 is 2.67 bits per heavy atom. The second kappa shape index (κ2) is 6.57. The number of nitrogens with zero attached hydrogens (tertiary/aromatic N) is 4. The monoisotopic (exact) mass is 381 g/mol. The first kappa shape index (κ1) is 15.1. The quantitative estimate of drug-likeness (QED) is 0.744. The number of fused-ring (bicyclic) bond motifs is 1. The maximum absolute atomic E-state index is 4.63. The number of halogens is 1. The van der Waals surface area contributed by atoms with Crippen molar-refractivity contribution in [3.8, 4) is 0 Å². The molecule has 0 spiro atoms. The van der Waals surface area contributed by atoms with Crippen LogP contribution in [0.1, 0.15) is 11.1 Å². The predicted molar refractivity (Wildman–Crippen MR) is 98.4 cm³/mol. The van der Waals surface area contributed by atoms with Crippen LogP contribution in [-0.4, -0.2) is 21.7 Å². The highest BCUT2D eigenvalue weighted by molar-refractivity contribution is 9.10. The van der Waals surface area contributed by atoms with Crippen molar-refractivity contribution >= 4 is 33.4 Å². The average molecular weight is 382 g/mol. The van der Waals surface area contributed by atoms with Gasteiger partial charge in [-0.25, -0.2) is 0 Å². The second-order valence-electron chi connectivity index (χ2n) is 5.68. The minimum absolute atomic E-state index is 0.498. The third-order valence-corrected chi connectivity index (χ3v) is 4.81. The highest BCUT2D eigenvalue weighted by atomic mass is 79.9. The van der Waals surface area contributed by atoms with Crippen molar-refractivity contribution in [2.75, 3.05) is 16.8 Å². The summed E-state index contributed by atoms with van der Waals surface area (Å²) in [6.07, 6.45) is 2.74. The van der Waals surface area contributed by atoms with Crippen LogP contribution in [0.15, 0.2) is 59.2 Å². The Balaban J connectivity index is 1.56. The van der Waals surface area contributed by atoms with Gasteiger partial charge in [-0.2, -0.15) is 10.1 Å². The lowest BCUT2D eigenvalue weighted by atomic mass is 10.0. The van der Waals surface area contributed by atoms with E-state index in [9.17, 15) is 0 Å². The van der Waals surface area contributed by atoms with Crippen LogP contribution in [0.2, 0.25) is 0 Å². The number of aromatic nitrogens is 3. The third-order valence-electron chi connectivity index (χ3n) is 4.12. The zero-order valence-electron chi connectivity index (χ0n) is 13.0. The molecule has 0 saturated carbocycles. The number of rotatable bonds is 3. The van der Waals surface area contributed by atoms with Crippen LogP contribution in [-0.2, 0) is 13.0 Å². The van der Waals surface area contributed by atoms with Gasteiger partial charge in [-0.05, 0) is 45.6 Å². The standard InChI is InChI=1S/C18H16BrN5/c19-15-7-3-4-8-16(15)21-18-22-17(11-20-23-18)24-10-9-13-5-1-2-6-14(13)12-24/h1-8,11H,9-10,12H2,(H,21,22,23). The van der Waals surface area contributed by atoms with E-state index >= 15 is 0 Å². The Kier molecular flexibility index (Phi) is 4.13. The first-order valence-electron chi connectivity index (χ1n) is 7.82. The van der Waals surface area contributed by atoms with E-state index in [1.54, 1.807) is 6.20 Å². The molecule has 6 heteroatoms. The van der Waals surface area contributed by atoms with Gasteiger partial charge in [0.15, 0.2) is 5.82 Å². The van der Waals surface area contributed by atoms with Crippen molar-refractivity contribution in [3.05, 3.63) is 70.3 Å². The second-order valence-corrected chi connectivity index (χ2v) is 6.54. The summed E-state index contributed by atoms with van der Waals surface area (Å²) in [7, 11) is 0. The van der Waals surface area contributed by atoms with Gasteiger partial charge < -0.3 is 10.2 Å². The first-order valence-corrected chi connectivity index (χ1v) is 8.62. The molecule has 2 heterocycles. The molecule has 0 atom stereocenters. The fraction of sp³-hybridized carbons (Fsp3) is 0.167. The molecule has 24 heavy (non-hydrogen) atoms. The molecule has 0 aliphatic carbocycles. The summed E-state index contributed by atoms with van der Waals surface area (Å²) >= 11 is 3.52. The van der Waals surface area contributed by atoms with Gasteiger partial charge in [-0.3, -0.25) is 0 Å². The molecule has 4 rings (SSSR count). The Morgan fingerprint density at radius 2 is 1.79 bits per heavy atom. The van der Waals surface area contributed by atoms with E-state index < -0.39 is 0 Å². The molecule has 1 aliphatic rings. The van der Waals surface area contributed by atoms with Gasteiger partial charge >= 0.3 is 0 Å². The average Bonchev–Trinajstić information content (AvgIpc) is 2.63. The molecular formula is C18H16BrN5. The summed E-state index contributed by atoms with van der Waals surface area (Å²) in [6.45, 7) is 1.79. The Hall–Kier alpha value is -2.47. The van der Waals surface area contributed by atoms with E-state index in [4.69, 9.17) is 0 Å². The molecule has 5 nitrogen and oxygen atoms in total. The predicted octanol–water partition coefficient (Wildman–Crippen LogP) is 3.94. The van der Waals surface area contributed by atoms with Crippen LogP contribution in [0.25, 0.3) is 0 Å². The van der Waals surface area contributed by atoms with E-state index in [1.807, 2.05) is 24.3 Å². The van der Waals surface area contributed by atoms with Gasteiger partial charge in [0.2, 0.25) is 5.95 Å². The van der Waals surface area contributed by atoms with E-state index in [-0.39, 0.29) is 0 Å². The molecule has 0 unspecified atom stereocenters. The zero-order valence-corrected chi connectivity index (χ0v) is 14.6. The Morgan fingerprint density at radius 1 is 1.00 bits per heavy atom. The van der Waals surface area contributed by atoms with Gasteiger partial charge in [0.1, 0.15) is 0 Å². The molecule has 3 aromatic rings. The van der Waals surface area contributed by atoms with Crippen LogP contribution < -0.4 is 10.2 Å². The van der Waals surface area contributed by atoms with Gasteiger partial charge in [0, 0.05) is 17.6 Å². The van der Waals surface area contributed by atoms with Crippen molar-refractivity contribution in [3.63, 3.8) is 0 Å². The minimum Gasteiger partial charge on any atom is -0.350 e. The number of hydrogen-bond donors (Lipinski definition) is 1. The van der Waals surface area contributed by atoms with Gasteiger partial charge in [-0.1, -0.05) is 36.4 Å². The third kappa shape index (κ3) is 3.10. The summed E-state index contributed by atoms with van der Waals surface area (Å²) in [5, 5.41) is 11.4. The van der Waals surface area contributed by atoms with Crippen LogP contribution in [0.5, 0.6) is 0 Å². The van der Waals surface area contributed by atoms with E-state index in [0.29, 0.717) is 5.95 Å². The molecular weight excluding hydrogens is 366 g/mol. The Labute approximate surface area is 148 Å². The normalized spacial score (nSPS) is 13.5. The molecule has 120 valence electrons. The first-order chi connectivity index (χ1) is 11.8. The summed E-state index contributed by atoms with van der Waals surface area (Å²) in [4.78, 5) is 6.86. The molecule has 2 aromatic carbocycles. The molecule has 1 N–H and O–H groups in total. The molecule has 0 saturated heterocycles. The highest BCUT2D eigenvalue weighted by Gasteiger charge is 2.18. The number of benzene rings is 2. The van der Waals surface area contributed by atoms with E-state index in [1.165, 1.54) is 11.1 Å². The molecule has 0 fully saturated rings. The molecule has 1 aliphatic heterocycles. The summed E-state index contributed by atoms with van der Waals surface area (Å²) in [5.74, 6) is 1.34. The van der Waals surface area contributed by atoms with Crippen molar-refractivity contribution < 1.29 is 0 Å². The SMILES string of the molecule is Brc1ccccc1Nc1nncc(N2CCc3ccccc3C2)n1. The number of anilines is 3. The van der Waals surface area contributed by atoms with Crippen LogP contribution in [0.3, 0.4) is 0 Å². The maximum Gasteiger partial charge on any atom is 0.249 e. The maximum atomic E-state index is 4.63. The lowest BCUT2D eigenvalue weighted by Gasteiger charge is -2.29. The highest BCUT2D eigenvalue weighted by Crippen LogP contribution is 2.26. The Bertz CT molecular complexity index is 867. The fourth-order valence-electron chi connectivity index (χ4n) is 2.87. The van der Waals surface area contributed by atoms with Gasteiger partial charge in [0.05, 0.1) is 11.9 Å². The topological polar surface area (TPSA) is 53.9 Å². The van der Waals surface area contributed by atoms with Crippen LogP contribution in [0, 0.1) is 0 Å². The lowest BCUT2D eigenvalue weighted by molar-refractivity contribution is 0.715. The molecule has 0 bridgehead atoms. The van der Waals surface area contributed by atoms with Crippen molar-refractivity contribution in [2.24, 2.45) is 0 Å². The molecule has 0 amide bonds. The number of hydrogen-bond acceptors (Lipinski definition) is 5. The lowest BCUT2D eigenvalue weighted by Crippen LogP contribution is -2.31. The summed E-state index contributed by atoms with van der Waals surface area (Å²) in [5.41, 5.74) is 3.69. The van der Waals surface area contributed by atoms with Crippen LogP contribution >= 0.6 is 15.9 Å². The van der Waals surface area contributed by atoms with E-state index in [0.717, 1.165) is 35.5 Å². The van der Waals surface area contributed by atoms with Crippen molar-refractivity contribution in [1.82, 2.24) is 15.2 Å². The van der Waals surface area contributed by atoms with E-state index in [2.05, 4.69) is 65.6 Å². The minimum atomic E-state index is 0.498. The smallest absolute Gasteiger partial charge is 0.249 e. The summed E-state index contributed by atoms with van der Waals surface area (Å²) < 4.78 is 0.964. The van der Waals surface area contributed by atoms with Crippen molar-refractivity contribution in [1.29, 1.82) is 0 Å². The zero-order chi connectivity index (χ0) is 16.4. The van der Waals surface area contributed by atoms with Gasteiger partial charge in [-0.15, -0.1) is 5.10 Å². The molecule has 0 radical (unpaired) electrons.